The first-order valence-corrected chi connectivity index (χ1v) is 34.8. The van der Waals surface area contributed by atoms with Gasteiger partial charge in [0, 0.05) is 0 Å². The molecule has 0 heterocycles. The Hall–Kier alpha value is 0. The monoisotopic (exact) mass is 1070 g/mol. The summed E-state index contributed by atoms with van der Waals surface area (Å²) in [5, 5.41) is 0. The van der Waals surface area contributed by atoms with Crippen LogP contribution < -0.4 is 0 Å². The summed E-state index contributed by atoms with van der Waals surface area (Å²) in [5.41, 5.74) is 1.50. The van der Waals surface area contributed by atoms with Gasteiger partial charge in [0.1, 0.15) is 0 Å². The molecule has 0 N–H and O–H groups in total. The maximum Gasteiger partial charge on any atom is -0.0269 e. The molecule has 0 aromatic rings. The molecule has 28 atom stereocenters. The average molecular weight is 1070 g/mol. The minimum atomic E-state index is 0.316. The molecule has 0 fully saturated rings. The van der Waals surface area contributed by atoms with E-state index in [0.29, 0.717) is 146 Å². The first kappa shape index (κ1) is 76.0. The zero-order valence-corrected chi connectivity index (χ0v) is 59.9. The molecule has 0 rings (SSSR count). The standard InChI is InChI=1S/C76H154/c1-36-41-42-43-46-73(32,39-4)67(26)63(22)66(25)72(31)76(35,45-38-3)71(30)62(21)60(19)58(17)56(15)54(13)52(11)50(9)49(8)51(10)53(12)55(14)57(16)59(18)61(20)69(28)75(34,40-5)70(29)65(24)64(23)68(27)74(33,44-37-2)47-48(6)7/h48-72H,36-47H2,1-35H3. The fourth-order valence-corrected chi connectivity index (χ4v) is 18.3. The minimum absolute atomic E-state index is 0.316. The Labute approximate surface area is 486 Å². The third-order valence-electron chi connectivity index (χ3n) is 29.2. The SMILES string of the molecule is CCCCCCC(C)(CC)C(C)C(C)C(C)C(C)C(C)(CCC)C(C)C(C)C(C)C(C)C(C)C(C)C(C)C(C)C(C)C(C)C(C)C(C)C(C)C(C)C(C)C(C)C(C)(CC)C(C)C(C)C(C)C(C)C(C)(CCC)CC(C)C. The van der Waals surface area contributed by atoms with Crippen molar-refractivity contribution in [3.8, 4) is 0 Å². The molecule has 0 amide bonds. The summed E-state index contributed by atoms with van der Waals surface area (Å²) in [5.74, 6) is 17.5. The van der Waals surface area contributed by atoms with Crippen molar-refractivity contribution in [3.63, 3.8) is 0 Å². The van der Waals surface area contributed by atoms with E-state index in [0.717, 1.165) is 23.7 Å². The van der Waals surface area contributed by atoms with Gasteiger partial charge in [0.05, 0.1) is 0 Å². The summed E-state index contributed by atoms with van der Waals surface area (Å²) in [6, 6.07) is 0. The van der Waals surface area contributed by atoms with E-state index in [1.54, 1.807) is 0 Å². The average Bonchev–Trinajstić information content (AvgIpc) is 3.40. The highest BCUT2D eigenvalue weighted by Crippen LogP contribution is 2.56. The van der Waals surface area contributed by atoms with Crippen LogP contribution in [0.3, 0.4) is 0 Å². The van der Waals surface area contributed by atoms with Crippen LogP contribution in [0.25, 0.3) is 0 Å². The van der Waals surface area contributed by atoms with Crippen LogP contribution in [-0.4, -0.2) is 0 Å². The Kier molecular flexibility index (Phi) is 33.3. The molecule has 28 unspecified atom stereocenters. The molecule has 0 radical (unpaired) electrons. The molecular formula is C76H154. The highest BCUT2D eigenvalue weighted by molar-refractivity contribution is 4.97. The predicted molar refractivity (Wildman–Crippen MR) is 351 cm³/mol. The molecule has 0 bridgehead atoms. The fraction of sp³-hybridized carbons (Fsp3) is 1.00. The molecule has 458 valence electrons. The molecule has 0 aliphatic heterocycles. The highest BCUT2D eigenvalue weighted by Gasteiger charge is 2.48. The number of unbranched alkanes of at least 4 members (excludes halogenated alkanes) is 3. The lowest BCUT2D eigenvalue weighted by Crippen LogP contribution is -2.44. The Morgan fingerprint density at radius 2 is 0.487 bits per heavy atom. The second-order valence-corrected chi connectivity index (χ2v) is 32.1. The topological polar surface area (TPSA) is 0 Å². The van der Waals surface area contributed by atoms with Gasteiger partial charge in [-0.05, 0) is 195 Å². The summed E-state index contributed by atoms with van der Waals surface area (Å²) in [6.45, 7) is 91.2. The van der Waals surface area contributed by atoms with Gasteiger partial charge in [0.25, 0.3) is 0 Å². The highest BCUT2D eigenvalue weighted by atomic mass is 14.5. The van der Waals surface area contributed by atoms with E-state index in [1.165, 1.54) is 77.0 Å². The normalized spacial score (nSPS) is 25.7. The van der Waals surface area contributed by atoms with Crippen molar-refractivity contribution in [2.45, 2.75) is 319 Å². The van der Waals surface area contributed by atoms with Gasteiger partial charge in [-0.3, -0.25) is 0 Å². The van der Waals surface area contributed by atoms with E-state index in [-0.39, 0.29) is 0 Å². The van der Waals surface area contributed by atoms with Gasteiger partial charge in [0.15, 0.2) is 0 Å². The summed E-state index contributed by atoms with van der Waals surface area (Å²) in [4.78, 5) is 0. The molecule has 0 aromatic heterocycles. The maximum atomic E-state index is 2.73. The quantitative estimate of drug-likeness (QED) is 0.0537. The van der Waals surface area contributed by atoms with Crippen LogP contribution in [0.4, 0.5) is 0 Å². The van der Waals surface area contributed by atoms with Crippen LogP contribution in [0.15, 0.2) is 0 Å². The molecule has 0 nitrogen and oxygen atoms in total. The molecule has 0 spiro atoms. The second-order valence-electron chi connectivity index (χ2n) is 32.1. The van der Waals surface area contributed by atoms with Crippen LogP contribution in [0.1, 0.15) is 319 Å². The van der Waals surface area contributed by atoms with E-state index in [1.807, 2.05) is 0 Å². The van der Waals surface area contributed by atoms with Crippen LogP contribution >= 0.6 is 0 Å². The first-order valence-electron chi connectivity index (χ1n) is 34.8. The summed E-state index contributed by atoms with van der Waals surface area (Å²) in [6.07, 6.45) is 16.1. The third-order valence-corrected chi connectivity index (χ3v) is 29.2. The molecule has 0 aliphatic carbocycles. The van der Waals surface area contributed by atoms with Crippen LogP contribution in [-0.2, 0) is 0 Å². The van der Waals surface area contributed by atoms with Gasteiger partial charge < -0.3 is 0 Å². The number of hydrogen-bond acceptors (Lipinski definition) is 0. The smallest absolute Gasteiger partial charge is 0.0269 e. The number of rotatable bonds is 40. The molecule has 0 saturated heterocycles. The largest absolute Gasteiger partial charge is 0.0654 e. The second kappa shape index (κ2) is 33.3. The van der Waals surface area contributed by atoms with Gasteiger partial charge in [0.2, 0.25) is 0 Å². The van der Waals surface area contributed by atoms with E-state index in [4.69, 9.17) is 0 Å². The van der Waals surface area contributed by atoms with Crippen molar-refractivity contribution in [3.05, 3.63) is 0 Å². The minimum Gasteiger partial charge on any atom is -0.0654 e. The van der Waals surface area contributed by atoms with Crippen molar-refractivity contribution >= 4 is 0 Å². The summed E-state index contributed by atoms with van der Waals surface area (Å²) in [7, 11) is 0. The predicted octanol–water partition coefficient (Wildman–Crippen LogP) is 25.7. The van der Waals surface area contributed by atoms with E-state index in [2.05, 4.69) is 242 Å². The molecular weight excluding hydrogens is 913 g/mol. The molecule has 0 saturated carbocycles. The van der Waals surface area contributed by atoms with Crippen molar-refractivity contribution in [1.29, 1.82) is 0 Å². The van der Waals surface area contributed by atoms with E-state index < -0.39 is 0 Å². The lowest BCUT2D eigenvalue weighted by atomic mass is 9.54. The Morgan fingerprint density at radius 1 is 0.224 bits per heavy atom. The zero-order valence-electron chi connectivity index (χ0n) is 59.9. The zero-order chi connectivity index (χ0) is 59.9. The van der Waals surface area contributed by atoms with Gasteiger partial charge in [-0.2, -0.15) is 0 Å². The summed E-state index contributed by atoms with van der Waals surface area (Å²) >= 11 is 0. The van der Waals surface area contributed by atoms with Crippen LogP contribution in [0.5, 0.6) is 0 Å². The lowest BCUT2D eigenvalue weighted by molar-refractivity contribution is -0.0251. The molecule has 0 aliphatic rings. The van der Waals surface area contributed by atoms with Gasteiger partial charge in [-0.1, -0.05) is 294 Å². The van der Waals surface area contributed by atoms with Gasteiger partial charge >= 0.3 is 0 Å². The van der Waals surface area contributed by atoms with E-state index in [9.17, 15) is 0 Å². The van der Waals surface area contributed by atoms with Crippen molar-refractivity contribution in [2.24, 2.45) is 170 Å². The Balaban J connectivity index is 6.18. The first-order chi connectivity index (χ1) is 34.8. The third kappa shape index (κ3) is 18.5. The molecule has 0 aromatic carbocycles. The van der Waals surface area contributed by atoms with Gasteiger partial charge in [-0.15, -0.1) is 0 Å². The van der Waals surface area contributed by atoms with Crippen molar-refractivity contribution in [1.82, 2.24) is 0 Å². The Bertz CT molecular complexity index is 1510. The number of hydrogen-bond donors (Lipinski definition) is 0. The van der Waals surface area contributed by atoms with Gasteiger partial charge in [-0.25, -0.2) is 0 Å². The van der Waals surface area contributed by atoms with Crippen LogP contribution in [0, 0.1) is 170 Å². The molecule has 76 heavy (non-hydrogen) atoms. The molecule has 0 heteroatoms. The summed E-state index contributed by atoms with van der Waals surface area (Å²) < 4.78 is 0. The Morgan fingerprint density at radius 3 is 0.750 bits per heavy atom. The lowest BCUT2D eigenvalue weighted by Gasteiger charge is -2.51. The fourth-order valence-electron chi connectivity index (χ4n) is 18.3. The maximum absolute atomic E-state index is 2.73. The van der Waals surface area contributed by atoms with Crippen molar-refractivity contribution in [2.75, 3.05) is 0 Å². The van der Waals surface area contributed by atoms with Crippen LogP contribution in [0.2, 0.25) is 0 Å². The van der Waals surface area contributed by atoms with E-state index >= 15 is 0 Å². The van der Waals surface area contributed by atoms with Crippen molar-refractivity contribution < 1.29 is 0 Å².